The van der Waals surface area contributed by atoms with E-state index >= 15 is 0 Å². The monoisotopic (exact) mass is 996 g/mol. The van der Waals surface area contributed by atoms with Crippen LogP contribution in [0.1, 0.15) is 328 Å². The van der Waals surface area contributed by atoms with Crippen LogP contribution in [-0.4, -0.2) is 47.4 Å². The summed E-state index contributed by atoms with van der Waals surface area (Å²) in [5, 5.41) is 23.4. The molecule has 0 aliphatic rings. The third kappa shape index (κ3) is 57.0. The van der Waals surface area contributed by atoms with E-state index in [9.17, 15) is 19.8 Å². The first-order valence-electron chi connectivity index (χ1n) is 31.4. The van der Waals surface area contributed by atoms with Crippen molar-refractivity contribution in [2.24, 2.45) is 0 Å². The quantitative estimate of drug-likeness (QED) is 0.0321. The number of rotatable bonds is 58. The number of carbonyl (C=O) groups is 2. The number of nitrogens with one attached hydrogen (secondary N) is 1. The number of aliphatic hydroxyl groups is 2. The lowest BCUT2D eigenvalue weighted by Gasteiger charge is -2.22. The Bertz CT molecular complexity index is 1190. The standard InChI is InChI=1S/C65H121NO5/c1-3-5-7-9-11-13-15-17-18-19-20-21-22-23-24-25-27-30-34-37-41-45-49-53-57-63(68)62(61-67)66-64(69)58-54-50-46-42-38-35-31-28-26-29-32-36-40-44-48-52-56-60-71-65(70)59-55-51-47-43-39-33-16-14-12-10-8-6-4-2/h8,10,14,16,26,29,36,40,62-63,67-68H,3-7,9,11-13,15,17-25,27-28,30-35,37-39,41-61H2,1-2H3,(H,66,69)/b10-8-,16-14-,29-26-,40-36-. The molecule has 6 heteroatoms. The van der Waals surface area contributed by atoms with Gasteiger partial charge >= 0.3 is 5.97 Å². The molecule has 2 unspecified atom stereocenters. The number of hydrogen-bond acceptors (Lipinski definition) is 5. The second-order valence-electron chi connectivity index (χ2n) is 21.4. The van der Waals surface area contributed by atoms with Gasteiger partial charge in [0.05, 0.1) is 25.4 Å². The van der Waals surface area contributed by atoms with Crippen LogP contribution in [0.25, 0.3) is 0 Å². The first kappa shape index (κ1) is 68.8. The Morgan fingerprint density at radius 2 is 0.732 bits per heavy atom. The lowest BCUT2D eigenvalue weighted by molar-refractivity contribution is -0.143. The molecule has 0 aliphatic carbocycles. The topological polar surface area (TPSA) is 95.9 Å². The molecule has 0 bridgehead atoms. The minimum absolute atomic E-state index is 0.0307. The van der Waals surface area contributed by atoms with Crippen LogP contribution in [0.5, 0.6) is 0 Å². The molecule has 1 amide bonds. The molecule has 0 heterocycles. The lowest BCUT2D eigenvalue weighted by Crippen LogP contribution is -2.45. The Labute approximate surface area is 442 Å². The van der Waals surface area contributed by atoms with Crippen molar-refractivity contribution < 1.29 is 24.5 Å². The van der Waals surface area contributed by atoms with Gasteiger partial charge in [-0.1, -0.05) is 274 Å². The molecule has 416 valence electrons. The molecule has 0 saturated carbocycles. The first-order chi connectivity index (χ1) is 35.0. The normalized spacial score (nSPS) is 12.9. The summed E-state index contributed by atoms with van der Waals surface area (Å²) in [6, 6.07) is -0.556. The Morgan fingerprint density at radius 3 is 1.13 bits per heavy atom. The van der Waals surface area contributed by atoms with Crippen LogP contribution in [0.2, 0.25) is 0 Å². The van der Waals surface area contributed by atoms with Crippen LogP contribution in [0.15, 0.2) is 48.6 Å². The van der Waals surface area contributed by atoms with E-state index in [2.05, 4.69) is 67.8 Å². The fourth-order valence-corrected chi connectivity index (χ4v) is 9.53. The smallest absolute Gasteiger partial charge is 0.305 e. The van der Waals surface area contributed by atoms with Crippen LogP contribution >= 0.6 is 0 Å². The minimum atomic E-state index is -0.678. The molecule has 3 N–H and O–H groups in total. The van der Waals surface area contributed by atoms with Gasteiger partial charge in [0.2, 0.25) is 5.91 Å². The molecule has 0 saturated heterocycles. The van der Waals surface area contributed by atoms with Gasteiger partial charge in [-0.25, -0.2) is 0 Å². The molecule has 0 radical (unpaired) electrons. The summed E-state index contributed by atoms with van der Waals surface area (Å²) in [5.41, 5.74) is 0. The second kappa shape index (κ2) is 60.4. The Hall–Kier alpha value is -2.18. The van der Waals surface area contributed by atoms with Gasteiger partial charge in [0.15, 0.2) is 0 Å². The maximum Gasteiger partial charge on any atom is 0.305 e. The zero-order chi connectivity index (χ0) is 51.4. The fourth-order valence-electron chi connectivity index (χ4n) is 9.53. The predicted molar refractivity (Wildman–Crippen MR) is 310 cm³/mol. The number of esters is 1. The highest BCUT2D eigenvalue weighted by molar-refractivity contribution is 5.76. The zero-order valence-electron chi connectivity index (χ0n) is 47.5. The van der Waals surface area contributed by atoms with Crippen LogP contribution in [-0.2, 0) is 14.3 Å². The summed E-state index contributed by atoms with van der Waals surface area (Å²) in [5.74, 6) is -0.0798. The van der Waals surface area contributed by atoms with E-state index in [4.69, 9.17) is 4.74 Å². The van der Waals surface area contributed by atoms with Crippen LogP contribution < -0.4 is 5.32 Å². The van der Waals surface area contributed by atoms with Crippen molar-refractivity contribution >= 4 is 11.9 Å². The van der Waals surface area contributed by atoms with Crippen molar-refractivity contribution in [1.29, 1.82) is 0 Å². The van der Waals surface area contributed by atoms with Crippen LogP contribution in [0.4, 0.5) is 0 Å². The average Bonchev–Trinajstić information content (AvgIpc) is 3.37. The number of allylic oxidation sites excluding steroid dienone is 8. The molecular weight excluding hydrogens is 875 g/mol. The van der Waals surface area contributed by atoms with E-state index in [1.165, 1.54) is 199 Å². The van der Waals surface area contributed by atoms with E-state index in [0.717, 1.165) is 96.3 Å². The molecule has 71 heavy (non-hydrogen) atoms. The lowest BCUT2D eigenvalue weighted by atomic mass is 10.0. The maximum atomic E-state index is 12.5. The van der Waals surface area contributed by atoms with E-state index in [1.807, 2.05) is 0 Å². The van der Waals surface area contributed by atoms with Gasteiger partial charge in [0.25, 0.3) is 0 Å². The molecule has 0 aromatic carbocycles. The van der Waals surface area contributed by atoms with Gasteiger partial charge in [-0.2, -0.15) is 0 Å². The Kier molecular flexibility index (Phi) is 58.5. The summed E-state index contributed by atoms with van der Waals surface area (Å²) < 4.78 is 5.44. The minimum Gasteiger partial charge on any atom is -0.466 e. The molecule has 0 fully saturated rings. The zero-order valence-corrected chi connectivity index (χ0v) is 47.5. The van der Waals surface area contributed by atoms with Crippen LogP contribution in [0, 0.1) is 0 Å². The number of carbonyl (C=O) groups excluding carboxylic acids is 2. The Morgan fingerprint density at radius 1 is 0.394 bits per heavy atom. The summed E-state index contributed by atoms with van der Waals surface area (Å²) in [6.07, 6.45) is 76.9. The third-order valence-corrected chi connectivity index (χ3v) is 14.3. The van der Waals surface area contributed by atoms with Crippen molar-refractivity contribution in [3.05, 3.63) is 48.6 Å². The highest BCUT2D eigenvalue weighted by Gasteiger charge is 2.20. The van der Waals surface area contributed by atoms with E-state index in [-0.39, 0.29) is 18.5 Å². The summed E-state index contributed by atoms with van der Waals surface area (Å²) >= 11 is 0. The van der Waals surface area contributed by atoms with Gasteiger partial charge in [0, 0.05) is 12.8 Å². The molecule has 0 aromatic heterocycles. The van der Waals surface area contributed by atoms with E-state index in [1.54, 1.807) is 0 Å². The van der Waals surface area contributed by atoms with Crippen molar-refractivity contribution in [3.63, 3.8) is 0 Å². The maximum absolute atomic E-state index is 12.5. The van der Waals surface area contributed by atoms with Gasteiger partial charge in [0.1, 0.15) is 0 Å². The summed E-state index contributed by atoms with van der Waals surface area (Å²) in [7, 11) is 0. The van der Waals surface area contributed by atoms with Gasteiger partial charge in [-0.15, -0.1) is 0 Å². The first-order valence-corrected chi connectivity index (χ1v) is 31.4. The molecule has 0 spiro atoms. The number of amides is 1. The summed E-state index contributed by atoms with van der Waals surface area (Å²) in [6.45, 7) is 4.85. The predicted octanol–water partition coefficient (Wildman–Crippen LogP) is 19.7. The second-order valence-corrected chi connectivity index (χ2v) is 21.4. The van der Waals surface area contributed by atoms with E-state index in [0.29, 0.717) is 25.9 Å². The van der Waals surface area contributed by atoms with Crippen molar-refractivity contribution in [2.75, 3.05) is 13.2 Å². The highest BCUT2D eigenvalue weighted by atomic mass is 16.5. The molecule has 0 aliphatic heterocycles. The molecule has 6 nitrogen and oxygen atoms in total. The summed E-state index contributed by atoms with van der Waals surface area (Å²) in [4.78, 5) is 24.5. The number of ether oxygens (including phenoxy) is 1. The van der Waals surface area contributed by atoms with Crippen molar-refractivity contribution in [1.82, 2.24) is 5.32 Å². The van der Waals surface area contributed by atoms with Crippen molar-refractivity contribution in [2.45, 2.75) is 341 Å². The van der Waals surface area contributed by atoms with E-state index < -0.39 is 12.1 Å². The van der Waals surface area contributed by atoms with Crippen LogP contribution in [0.3, 0.4) is 0 Å². The number of unbranched alkanes of at least 4 members (excludes halogenated alkanes) is 39. The number of hydrogen-bond donors (Lipinski definition) is 3. The van der Waals surface area contributed by atoms with Gasteiger partial charge in [-0.05, 0) is 89.9 Å². The average molecular weight is 997 g/mol. The molecular formula is C65H121NO5. The van der Waals surface area contributed by atoms with Gasteiger partial charge in [-0.3, -0.25) is 9.59 Å². The SMILES string of the molecule is CCC/C=C\C/C=C\CCCCCCCC(=O)OCCCCC/C=C\C/C=C\CCCCCCCCCC(=O)NC(CO)C(O)CCCCCCCCCCCCCCCCCCCCCCCCCC. The van der Waals surface area contributed by atoms with Crippen molar-refractivity contribution in [3.8, 4) is 0 Å². The molecule has 0 aromatic rings. The largest absolute Gasteiger partial charge is 0.466 e. The van der Waals surface area contributed by atoms with Gasteiger partial charge < -0.3 is 20.3 Å². The Balaban J connectivity index is 3.50. The highest BCUT2D eigenvalue weighted by Crippen LogP contribution is 2.18. The molecule has 2 atom stereocenters. The number of aliphatic hydroxyl groups excluding tert-OH is 2. The molecule has 0 rings (SSSR count). The fraction of sp³-hybridized carbons (Fsp3) is 0.846. The third-order valence-electron chi connectivity index (χ3n) is 14.3.